The van der Waals surface area contributed by atoms with Gasteiger partial charge in [-0.05, 0) is 88.9 Å². The van der Waals surface area contributed by atoms with Crippen molar-refractivity contribution in [1.29, 1.82) is 0 Å². The van der Waals surface area contributed by atoms with Crippen molar-refractivity contribution in [2.75, 3.05) is 19.7 Å². The number of unbranched alkanes of at least 4 members (excludes halogenated alkanes) is 22. The fourth-order valence-corrected chi connectivity index (χ4v) is 6.54. The minimum Gasteiger partial charge on any atom is -0.396 e. The van der Waals surface area contributed by atoms with Gasteiger partial charge in [-0.3, -0.25) is 9.59 Å². The lowest BCUT2D eigenvalue weighted by Gasteiger charge is -2.29. The van der Waals surface area contributed by atoms with E-state index in [4.69, 9.17) is 0 Å². The fourth-order valence-electron chi connectivity index (χ4n) is 6.54. The fraction of sp³-hybridized carbons (Fsp3) is 0.864. The number of allylic oxidation sites excluding steroid dienone is 4. The highest BCUT2D eigenvalue weighted by atomic mass is 16.3. The van der Waals surface area contributed by atoms with Crippen molar-refractivity contribution in [3.63, 3.8) is 0 Å². The standard InChI is InChI=1S/C44H84N2O3/c1-4-6-8-10-12-14-16-18-20-22-24-26-28-30-32-34-42(48)45-39-36-44(3,38-41-47)37-40-46-43(49)35-33-31-29-27-25-23-21-19-17-15-13-11-9-7-5-2/h20-23,47H,4-19,24-41H2,1-3H3,(H,45,48)(H,46,49)/b22-20+,23-21+. The molecule has 0 aromatic rings. The lowest BCUT2D eigenvalue weighted by molar-refractivity contribution is -0.121. The third-order valence-electron chi connectivity index (χ3n) is 10.1. The Morgan fingerprint density at radius 2 is 0.776 bits per heavy atom. The molecule has 0 aromatic heterocycles. The van der Waals surface area contributed by atoms with Crippen LogP contribution in [0.1, 0.15) is 220 Å². The SMILES string of the molecule is CCCCCCCCC/C=C/CCCCCCC(=O)NCCC(C)(CCO)CCNC(=O)CCCCCC/C=C/CCCCCCCCC. The minimum atomic E-state index is -0.0976. The molecule has 0 radical (unpaired) electrons. The van der Waals surface area contributed by atoms with E-state index in [0.29, 0.717) is 32.4 Å². The van der Waals surface area contributed by atoms with E-state index in [9.17, 15) is 14.7 Å². The Hall–Kier alpha value is -1.62. The highest BCUT2D eigenvalue weighted by Gasteiger charge is 2.23. The average molecular weight is 689 g/mol. The van der Waals surface area contributed by atoms with E-state index in [-0.39, 0.29) is 23.8 Å². The molecule has 5 nitrogen and oxygen atoms in total. The Labute approximate surface area is 305 Å². The van der Waals surface area contributed by atoms with Gasteiger partial charge in [-0.25, -0.2) is 0 Å². The molecule has 0 atom stereocenters. The molecule has 0 saturated heterocycles. The van der Waals surface area contributed by atoms with Crippen molar-refractivity contribution < 1.29 is 14.7 Å². The Morgan fingerprint density at radius 3 is 1.10 bits per heavy atom. The van der Waals surface area contributed by atoms with Crippen LogP contribution in [-0.4, -0.2) is 36.6 Å². The molecule has 288 valence electrons. The van der Waals surface area contributed by atoms with Crippen molar-refractivity contribution in [2.24, 2.45) is 5.41 Å². The largest absolute Gasteiger partial charge is 0.396 e. The molecular formula is C44H84N2O3. The lowest BCUT2D eigenvalue weighted by Crippen LogP contribution is -2.33. The van der Waals surface area contributed by atoms with Gasteiger partial charge in [0.2, 0.25) is 11.8 Å². The summed E-state index contributed by atoms with van der Waals surface area (Å²) >= 11 is 0. The first-order valence-corrected chi connectivity index (χ1v) is 21.4. The Bertz CT molecular complexity index is 720. The molecule has 0 saturated carbocycles. The zero-order valence-corrected chi connectivity index (χ0v) is 33.1. The van der Waals surface area contributed by atoms with Crippen molar-refractivity contribution in [3.05, 3.63) is 24.3 Å². The number of aliphatic hydroxyl groups excluding tert-OH is 1. The normalized spacial score (nSPS) is 12.0. The Morgan fingerprint density at radius 1 is 0.469 bits per heavy atom. The maximum Gasteiger partial charge on any atom is 0.219 e. The molecule has 0 bridgehead atoms. The second-order valence-corrected chi connectivity index (χ2v) is 15.2. The third-order valence-corrected chi connectivity index (χ3v) is 10.1. The molecule has 5 heteroatoms. The number of nitrogens with one attached hydrogen (secondary N) is 2. The van der Waals surface area contributed by atoms with Gasteiger partial charge in [0.1, 0.15) is 0 Å². The topological polar surface area (TPSA) is 78.4 Å². The van der Waals surface area contributed by atoms with Crippen LogP contribution >= 0.6 is 0 Å². The van der Waals surface area contributed by atoms with E-state index in [1.807, 2.05) is 0 Å². The molecule has 0 heterocycles. The van der Waals surface area contributed by atoms with Crippen LogP contribution in [0.15, 0.2) is 24.3 Å². The van der Waals surface area contributed by atoms with Gasteiger partial charge in [-0.2, -0.15) is 0 Å². The van der Waals surface area contributed by atoms with Crippen LogP contribution in [0.2, 0.25) is 0 Å². The quantitative estimate of drug-likeness (QED) is 0.0446. The molecule has 49 heavy (non-hydrogen) atoms. The Balaban J connectivity index is 3.76. The first-order chi connectivity index (χ1) is 24.0. The summed E-state index contributed by atoms with van der Waals surface area (Å²) in [5, 5.41) is 15.8. The highest BCUT2D eigenvalue weighted by molar-refractivity contribution is 5.76. The number of rotatable bonds is 38. The number of carbonyl (C=O) groups is 2. The molecule has 0 fully saturated rings. The molecule has 0 aliphatic rings. The summed E-state index contributed by atoms with van der Waals surface area (Å²) < 4.78 is 0. The maximum absolute atomic E-state index is 12.4. The monoisotopic (exact) mass is 689 g/mol. The smallest absolute Gasteiger partial charge is 0.219 e. The number of amides is 2. The summed E-state index contributed by atoms with van der Waals surface area (Å²) in [6.07, 6.45) is 45.8. The number of carbonyl (C=O) groups excluding carboxylic acids is 2. The van der Waals surface area contributed by atoms with Crippen LogP contribution < -0.4 is 10.6 Å². The molecular weight excluding hydrogens is 604 g/mol. The highest BCUT2D eigenvalue weighted by Crippen LogP contribution is 2.29. The molecule has 0 aromatic carbocycles. The van der Waals surface area contributed by atoms with Crippen LogP contribution in [0, 0.1) is 5.41 Å². The molecule has 0 aliphatic carbocycles. The maximum atomic E-state index is 12.4. The molecule has 0 aliphatic heterocycles. The molecule has 0 rings (SSSR count). The summed E-state index contributed by atoms with van der Waals surface area (Å²) in [5.74, 6) is 0.266. The van der Waals surface area contributed by atoms with E-state index in [2.05, 4.69) is 55.7 Å². The van der Waals surface area contributed by atoms with Gasteiger partial charge < -0.3 is 15.7 Å². The van der Waals surface area contributed by atoms with E-state index in [0.717, 1.165) is 51.4 Å². The third kappa shape index (κ3) is 36.0. The van der Waals surface area contributed by atoms with Crippen LogP contribution in [-0.2, 0) is 9.59 Å². The van der Waals surface area contributed by atoms with E-state index < -0.39 is 0 Å². The van der Waals surface area contributed by atoms with Crippen molar-refractivity contribution >= 4 is 11.8 Å². The zero-order chi connectivity index (χ0) is 35.9. The van der Waals surface area contributed by atoms with Gasteiger partial charge in [-0.1, -0.05) is 148 Å². The molecule has 0 unspecified atom stereocenters. The predicted octanol–water partition coefficient (Wildman–Crippen LogP) is 12.5. The summed E-state index contributed by atoms with van der Waals surface area (Å²) in [6, 6.07) is 0. The Kier molecular flexibility index (Phi) is 36.4. The van der Waals surface area contributed by atoms with Crippen molar-refractivity contribution in [1.82, 2.24) is 10.6 Å². The van der Waals surface area contributed by atoms with Gasteiger partial charge in [0.15, 0.2) is 0 Å². The summed E-state index contributed by atoms with van der Waals surface area (Å²) in [7, 11) is 0. The van der Waals surface area contributed by atoms with Gasteiger partial charge >= 0.3 is 0 Å². The van der Waals surface area contributed by atoms with Gasteiger partial charge in [0, 0.05) is 32.5 Å². The van der Waals surface area contributed by atoms with Gasteiger partial charge in [0.05, 0.1) is 0 Å². The van der Waals surface area contributed by atoms with Crippen LogP contribution in [0.5, 0.6) is 0 Å². The summed E-state index contributed by atoms with van der Waals surface area (Å²) in [5.41, 5.74) is -0.0976. The van der Waals surface area contributed by atoms with Crippen molar-refractivity contribution in [3.8, 4) is 0 Å². The lowest BCUT2D eigenvalue weighted by atomic mass is 9.80. The first-order valence-electron chi connectivity index (χ1n) is 21.4. The second-order valence-electron chi connectivity index (χ2n) is 15.2. The van der Waals surface area contributed by atoms with E-state index in [1.54, 1.807) is 0 Å². The number of hydrogen-bond acceptors (Lipinski definition) is 3. The van der Waals surface area contributed by atoms with Gasteiger partial charge in [0.25, 0.3) is 0 Å². The first kappa shape index (κ1) is 47.4. The second kappa shape index (κ2) is 37.6. The average Bonchev–Trinajstić information content (AvgIpc) is 3.08. The van der Waals surface area contributed by atoms with E-state index in [1.165, 1.54) is 128 Å². The predicted molar refractivity (Wildman–Crippen MR) is 214 cm³/mol. The number of hydrogen-bond donors (Lipinski definition) is 3. The van der Waals surface area contributed by atoms with E-state index >= 15 is 0 Å². The number of aliphatic hydroxyl groups is 1. The van der Waals surface area contributed by atoms with Crippen LogP contribution in [0.25, 0.3) is 0 Å². The van der Waals surface area contributed by atoms with Crippen LogP contribution in [0.3, 0.4) is 0 Å². The summed E-state index contributed by atoms with van der Waals surface area (Å²) in [4.78, 5) is 24.7. The molecule has 0 spiro atoms. The zero-order valence-electron chi connectivity index (χ0n) is 33.1. The van der Waals surface area contributed by atoms with Crippen molar-refractivity contribution in [2.45, 2.75) is 220 Å². The minimum absolute atomic E-state index is 0.0976. The molecule has 3 N–H and O–H groups in total. The summed E-state index contributed by atoms with van der Waals surface area (Å²) in [6.45, 7) is 8.08. The molecule has 2 amide bonds. The van der Waals surface area contributed by atoms with Gasteiger partial charge in [-0.15, -0.1) is 0 Å². The van der Waals surface area contributed by atoms with Crippen LogP contribution in [0.4, 0.5) is 0 Å².